The molecule has 0 heterocycles. The summed E-state index contributed by atoms with van der Waals surface area (Å²) in [6.45, 7) is 0.153. The average molecular weight is 304 g/mol. The first-order valence-corrected chi connectivity index (χ1v) is 6.86. The van der Waals surface area contributed by atoms with Gasteiger partial charge in [-0.1, -0.05) is 30.4 Å². The second kappa shape index (κ2) is 6.54. The zero-order valence-electron chi connectivity index (χ0n) is 12.0. The van der Waals surface area contributed by atoms with Crippen LogP contribution in [-0.4, -0.2) is 19.1 Å². The number of hydrogen-bond acceptors (Lipinski definition) is 3. The van der Waals surface area contributed by atoms with Gasteiger partial charge in [-0.05, 0) is 18.2 Å². The smallest absolute Gasteiger partial charge is 0.130 e. The van der Waals surface area contributed by atoms with Crippen molar-refractivity contribution in [1.82, 2.24) is 0 Å². The highest BCUT2D eigenvalue weighted by atomic mass is 32.1. The number of nitrogens with two attached hydrogens (primary N) is 1. The molecule has 2 aromatic rings. The van der Waals surface area contributed by atoms with Crippen molar-refractivity contribution in [2.24, 2.45) is 5.73 Å². The number of benzene rings is 2. The Kier molecular flexibility index (Phi) is 4.75. The maximum absolute atomic E-state index is 13.9. The highest BCUT2D eigenvalue weighted by Gasteiger charge is 2.06. The standard InChI is InChI=1S/C16H17FN2OS/c1-19(2)13-4-3-5-14(9-13)20-10-12-7-6-11(16(18)21)8-15(12)17/h3-9H,10H2,1-2H3,(H2,18,21). The molecule has 0 radical (unpaired) electrons. The molecule has 2 rings (SSSR count). The summed E-state index contributed by atoms with van der Waals surface area (Å²) in [5.41, 5.74) is 7.47. The van der Waals surface area contributed by atoms with E-state index in [9.17, 15) is 4.39 Å². The Morgan fingerprint density at radius 1 is 1.24 bits per heavy atom. The lowest BCUT2D eigenvalue weighted by Gasteiger charge is -2.14. The lowest BCUT2D eigenvalue weighted by atomic mass is 10.1. The van der Waals surface area contributed by atoms with Gasteiger partial charge in [0.15, 0.2) is 0 Å². The van der Waals surface area contributed by atoms with Gasteiger partial charge in [0, 0.05) is 37.0 Å². The van der Waals surface area contributed by atoms with E-state index in [1.54, 1.807) is 12.1 Å². The van der Waals surface area contributed by atoms with Crippen LogP contribution in [-0.2, 0) is 6.61 Å². The van der Waals surface area contributed by atoms with Crippen LogP contribution in [0.2, 0.25) is 0 Å². The summed E-state index contributed by atoms with van der Waals surface area (Å²) in [4.78, 5) is 2.16. The van der Waals surface area contributed by atoms with Crippen LogP contribution >= 0.6 is 12.2 Å². The molecular formula is C16H17FN2OS. The van der Waals surface area contributed by atoms with Gasteiger partial charge in [-0.2, -0.15) is 0 Å². The number of rotatable bonds is 5. The van der Waals surface area contributed by atoms with Gasteiger partial charge in [0.1, 0.15) is 23.2 Å². The van der Waals surface area contributed by atoms with E-state index < -0.39 is 0 Å². The highest BCUT2D eigenvalue weighted by molar-refractivity contribution is 7.80. The van der Waals surface area contributed by atoms with Crippen molar-refractivity contribution in [1.29, 1.82) is 0 Å². The minimum atomic E-state index is -0.371. The molecule has 0 atom stereocenters. The first-order chi connectivity index (χ1) is 9.97. The molecule has 0 aliphatic heterocycles. The molecule has 0 aliphatic carbocycles. The van der Waals surface area contributed by atoms with Crippen molar-refractivity contribution in [3.05, 3.63) is 59.4 Å². The number of hydrogen-bond donors (Lipinski definition) is 1. The minimum absolute atomic E-state index is 0.153. The van der Waals surface area contributed by atoms with Crippen LogP contribution in [0.1, 0.15) is 11.1 Å². The summed E-state index contributed by atoms with van der Waals surface area (Å²) in [5.74, 6) is 0.322. The fraction of sp³-hybridized carbons (Fsp3) is 0.188. The van der Waals surface area contributed by atoms with Crippen LogP contribution in [0.25, 0.3) is 0 Å². The predicted molar refractivity (Wildman–Crippen MR) is 87.4 cm³/mol. The zero-order chi connectivity index (χ0) is 15.4. The van der Waals surface area contributed by atoms with E-state index in [2.05, 4.69) is 0 Å². The molecule has 2 N–H and O–H groups in total. The first-order valence-electron chi connectivity index (χ1n) is 6.46. The maximum atomic E-state index is 13.9. The summed E-state index contributed by atoms with van der Waals surface area (Å²) >= 11 is 4.82. The lowest BCUT2D eigenvalue weighted by molar-refractivity contribution is 0.300. The molecule has 0 saturated carbocycles. The normalized spacial score (nSPS) is 10.2. The quantitative estimate of drug-likeness (QED) is 0.862. The molecular weight excluding hydrogens is 287 g/mol. The summed E-state index contributed by atoms with van der Waals surface area (Å²) in [6.07, 6.45) is 0. The Balaban J connectivity index is 2.09. The number of anilines is 1. The molecule has 0 amide bonds. The topological polar surface area (TPSA) is 38.5 Å². The number of thiocarbonyl (C=S) groups is 1. The summed E-state index contributed by atoms with van der Waals surface area (Å²) in [5, 5.41) is 0. The van der Waals surface area contributed by atoms with E-state index in [4.69, 9.17) is 22.7 Å². The van der Waals surface area contributed by atoms with Gasteiger partial charge in [0.25, 0.3) is 0 Å². The van der Waals surface area contributed by atoms with E-state index in [0.717, 1.165) is 5.69 Å². The molecule has 0 aliphatic rings. The third kappa shape index (κ3) is 3.92. The zero-order valence-corrected chi connectivity index (χ0v) is 12.8. The third-order valence-corrected chi connectivity index (χ3v) is 3.30. The molecule has 0 aromatic heterocycles. The molecule has 0 unspecified atom stereocenters. The van der Waals surface area contributed by atoms with E-state index in [1.165, 1.54) is 6.07 Å². The fourth-order valence-corrected chi connectivity index (χ4v) is 1.96. The SMILES string of the molecule is CN(C)c1cccc(OCc2ccc(C(N)=S)cc2F)c1. The maximum Gasteiger partial charge on any atom is 0.130 e. The Bertz CT molecular complexity index is 658. The number of ether oxygens (including phenoxy) is 1. The van der Waals surface area contributed by atoms with Crippen molar-refractivity contribution in [2.75, 3.05) is 19.0 Å². The van der Waals surface area contributed by atoms with Crippen LogP contribution in [0.4, 0.5) is 10.1 Å². The first kappa shape index (κ1) is 15.3. The molecule has 3 nitrogen and oxygen atoms in total. The predicted octanol–water partition coefficient (Wildman–Crippen LogP) is 3.10. The van der Waals surface area contributed by atoms with Gasteiger partial charge >= 0.3 is 0 Å². The number of nitrogens with zero attached hydrogens (tertiary/aromatic N) is 1. The molecule has 0 bridgehead atoms. The molecule has 0 spiro atoms. The van der Waals surface area contributed by atoms with Crippen LogP contribution in [0.5, 0.6) is 5.75 Å². The molecule has 0 fully saturated rings. The second-order valence-corrected chi connectivity index (χ2v) is 5.29. The minimum Gasteiger partial charge on any atom is -0.489 e. The van der Waals surface area contributed by atoms with Crippen molar-refractivity contribution < 1.29 is 9.13 Å². The molecule has 110 valence electrons. The number of halogens is 1. The van der Waals surface area contributed by atoms with Crippen molar-refractivity contribution in [3.8, 4) is 5.75 Å². The van der Waals surface area contributed by atoms with Gasteiger partial charge in [0.05, 0.1) is 0 Å². The van der Waals surface area contributed by atoms with Gasteiger partial charge in [-0.25, -0.2) is 4.39 Å². The summed E-state index contributed by atoms with van der Waals surface area (Å²) in [7, 11) is 3.90. The average Bonchev–Trinajstić information content (AvgIpc) is 2.46. The molecule has 5 heteroatoms. The summed E-state index contributed by atoms with van der Waals surface area (Å²) in [6, 6.07) is 12.3. The monoisotopic (exact) mass is 304 g/mol. The Morgan fingerprint density at radius 2 is 2.00 bits per heavy atom. The lowest BCUT2D eigenvalue weighted by Crippen LogP contribution is -2.10. The fourth-order valence-electron chi connectivity index (χ4n) is 1.83. The Morgan fingerprint density at radius 3 is 2.62 bits per heavy atom. The third-order valence-electron chi connectivity index (χ3n) is 3.07. The van der Waals surface area contributed by atoms with Gasteiger partial charge in [-0.15, -0.1) is 0 Å². The van der Waals surface area contributed by atoms with Crippen molar-refractivity contribution >= 4 is 22.9 Å². The highest BCUT2D eigenvalue weighted by Crippen LogP contribution is 2.21. The van der Waals surface area contributed by atoms with Crippen LogP contribution in [0.3, 0.4) is 0 Å². The van der Waals surface area contributed by atoms with Gasteiger partial charge in [0.2, 0.25) is 0 Å². The van der Waals surface area contributed by atoms with Crippen molar-refractivity contribution in [2.45, 2.75) is 6.61 Å². The van der Waals surface area contributed by atoms with E-state index in [0.29, 0.717) is 16.9 Å². The second-order valence-electron chi connectivity index (χ2n) is 4.85. The van der Waals surface area contributed by atoms with Gasteiger partial charge in [-0.3, -0.25) is 0 Å². The summed E-state index contributed by atoms with van der Waals surface area (Å²) < 4.78 is 19.6. The van der Waals surface area contributed by atoms with Crippen LogP contribution in [0.15, 0.2) is 42.5 Å². The van der Waals surface area contributed by atoms with Crippen molar-refractivity contribution in [3.63, 3.8) is 0 Å². The van der Waals surface area contributed by atoms with E-state index in [-0.39, 0.29) is 17.4 Å². The molecule has 2 aromatic carbocycles. The van der Waals surface area contributed by atoms with Crippen LogP contribution < -0.4 is 15.4 Å². The largest absolute Gasteiger partial charge is 0.489 e. The van der Waals surface area contributed by atoms with Gasteiger partial charge < -0.3 is 15.4 Å². The van der Waals surface area contributed by atoms with Crippen LogP contribution in [0, 0.1) is 5.82 Å². The van der Waals surface area contributed by atoms with E-state index in [1.807, 2.05) is 43.3 Å². The Hall–Kier alpha value is -2.14. The Labute approximate surface area is 129 Å². The molecule has 0 saturated heterocycles. The van der Waals surface area contributed by atoms with E-state index >= 15 is 0 Å². The molecule has 21 heavy (non-hydrogen) atoms.